The zero-order valence-corrected chi connectivity index (χ0v) is 8.95. The van der Waals surface area contributed by atoms with Crippen LogP contribution in [0.1, 0.15) is 0 Å². The molecule has 0 saturated heterocycles. The van der Waals surface area contributed by atoms with Gasteiger partial charge in [0.05, 0.1) is 11.6 Å². The molecule has 2 rings (SSSR count). The van der Waals surface area contributed by atoms with E-state index in [1.165, 1.54) is 4.90 Å². The van der Waals surface area contributed by atoms with Crippen molar-refractivity contribution < 1.29 is 9.90 Å². The predicted molar refractivity (Wildman–Crippen MR) is 57.2 cm³/mol. The first-order chi connectivity index (χ1) is 7.58. The number of anilines is 1. The molecule has 0 aromatic carbocycles. The van der Waals surface area contributed by atoms with Gasteiger partial charge in [-0.25, -0.2) is 4.98 Å². The summed E-state index contributed by atoms with van der Waals surface area (Å²) in [5, 5.41) is 13.5. The number of hydrogen-bond donors (Lipinski definition) is 1. The number of fused-ring (bicyclic) bond motifs is 1. The van der Waals surface area contributed by atoms with Crippen LogP contribution in [0.5, 0.6) is 0 Å². The maximum Gasteiger partial charge on any atom is 0.323 e. The van der Waals surface area contributed by atoms with Crippen LogP contribution in [-0.4, -0.2) is 44.4 Å². The number of carboxylic acids is 1. The highest BCUT2D eigenvalue weighted by molar-refractivity contribution is 5.76. The Hall–Kier alpha value is -2.18. The molecule has 0 saturated carbocycles. The van der Waals surface area contributed by atoms with Crippen LogP contribution >= 0.6 is 0 Å². The minimum atomic E-state index is -0.920. The molecule has 0 aliphatic heterocycles. The lowest BCUT2D eigenvalue weighted by Gasteiger charge is -2.13. The molecule has 0 amide bonds. The second-order valence-corrected chi connectivity index (χ2v) is 3.47. The topological polar surface area (TPSA) is 84.1 Å². The normalized spacial score (nSPS) is 10.6. The molecule has 0 aliphatic carbocycles. The van der Waals surface area contributed by atoms with Crippen LogP contribution in [0, 0.1) is 0 Å². The van der Waals surface area contributed by atoms with E-state index in [1.807, 2.05) is 0 Å². The summed E-state index contributed by atoms with van der Waals surface area (Å²) >= 11 is 0. The van der Waals surface area contributed by atoms with Crippen LogP contribution in [-0.2, 0) is 11.8 Å². The maximum absolute atomic E-state index is 10.5. The molecule has 2 aromatic heterocycles. The Morgan fingerprint density at radius 2 is 2.31 bits per heavy atom. The highest BCUT2D eigenvalue weighted by Gasteiger charge is 2.10. The number of hydrogen-bond acceptors (Lipinski definition) is 5. The lowest BCUT2D eigenvalue weighted by Crippen LogP contribution is -2.26. The third-order valence-corrected chi connectivity index (χ3v) is 2.17. The fraction of sp³-hybridized carbons (Fsp3) is 0.333. The van der Waals surface area contributed by atoms with E-state index in [-0.39, 0.29) is 6.54 Å². The number of aryl methyl sites for hydroxylation is 1. The van der Waals surface area contributed by atoms with Crippen molar-refractivity contribution in [3.63, 3.8) is 0 Å². The first-order valence-corrected chi connectivity index (χ1v) is 4.65. The fourth-order valence-corrected chi connectivity index (χ4v) is 1.38. The van der Waals surface area contributed by atoms with E-state index >= 15 is 0 Å². The van der Waals surface area contributed by atoms with Crippen LogP contribution < -0.4 is 4.90 Å². The minimum absolute atomic E-state index is 0.136. The van der Waals surface area contributed by atoms with Gasteiger partial charge in [-0.1, -0.05) is 0 Å². The third kappa shape index (κ3) is 1.79. The molecule has 0 fully saturated rings. The molecule has 1 N–H and O–H groups in total. The SMILES string of the molecule is CN(CC(=O)O)c1ncc2cnn(C)c2n1. The number of carbonyl (C=O) groups is 1. The van der Waals surface area contributed by atoms with Crippen molar-refractivity contribution in [2.45, 2.75) is 0 Å². The van der Waals surface area contributed by atoms with E-state index in [9.17, 15) is 4.79 Å². The van der Waals surface area contributed by atoms with E-state index in [1.54, 1.807) is 31.2 Å². The number of rotatable bonds is 3. The number of aliphatic carboxylic acids is 1. The number of aromatic nitrogens is 4. The second kappa shape index (κ2) is 3.76. The van der Waals surface area contributed by atoms with Gasteiger partial charge in [-0.15, -0.1) is 0 Å². The Balaban J connectivity index is 2.38. The average Bonchev–Trinajstić information content (AvgIpc) is 2.59. The monoisotopic (exact) mass is 221 g/mol. The van der Waals surface area contributed by atoms with Crippen molar-refractivity contribution in [2.24, 2.45) is 7.05 Å². The molecule has 16 heavy (non-hydrogen) atoms. The highest BCUT2D eigenvalue weighted by Crippen LogP contribution is 2.12. The van der Waals surface area contributed by atoms with Crippen LogP contribution in [0.15, 0.2) is 12.4 Å². The molecule has 0 bridgehead atoms. The molecule has 2 heterocycles. The number of carboxylic acid groups (broad SMARTS) is 1. The van der Waals surface area contributed by atoms with Gasteiger partial charge in [-0.05, 0) is 0 Å². The summed E-state index contributed by atoms with van der Waals surface area (Å²) in [6.07, 6.45) is 3.29. The fourth-order valence-electron chi connectivity index (χ4n) is 1.38. The molecule has 0 radical (unpaired) electrons. The van der Waals surface area contributed by atoms with Gasteiger partial charge in [0.1, 0.15) is 6.54 Å². The summed E-state index contributed by atoms with van der Waals surface area (Å²) in [6, 6.07) is 0. The van der Waals surface area contributed by atoms with Gasteiger partial charge >= 0.3 is 5.97 Å². The summed E-state index contributed by atoms with van der Waals surface area (Å²) in [7, 11) is 3.40. The Kier molecular flexibility index (Phi) is 2.43. The number of nitrogens with zero attached hydrogens (tertiary/aromatic N) is 5. The molecule has 84 valence electrons. The largest absolute Gasteiger partial charge is 0.480 e. The van der Waals surface area contributed by atoms with Crippen molar-refractivity contribution in [3.8, 4) is 0 Å². The number of likely N-dealkylation sites (N-methyl/N-ethyl adjacent to an activating group) is 1. The Morgan fingerprint density at radius 3 is 3.00 bits per heavy atom. The molecular weight excluding hydrogens is 210 g/mol. The molecule has 2 aromatic rings. The quantitative estimate of drug-likeness (QED) is 0.778. The van der Waals surface area contributed by atoms with Gasteiger partial charge in [-0.2, -0.15) is 10.1 Å². The molecular formula is C9H11N5O2. The van der Waals surface area contributed by atoms with Crippen molar-refractivity contribution >= 4 is 23.0 Å². The summed E-state index contributed by atoms with van der Waals surface area (Å²) < 4.78 is 1.62. The summed E-state index contributed by atoms with van der Waals surface area (Å²) in [5.41, 5.74) is 0.683. The van der Waals surface area contributed by atoms with Crippen LogP contribution in [0.2, 0.25) is 0 Å². The standard InChI is InChI=1S/C9H11N5O2/c1-13(5-7(15)16)9-10-3-6-4-11-14(2)8(6)12-9/h3-4H,5H2,1-2H3,(H,15,16). The van der Waals surface area contributed by atoms with Gasteiger partial charge in [0.2, 0.25) is 5.95 Å². The first kappa shape index (κ1) is 10.3. The van der Waals surface area contributed by atoms with E-state index in [2.05, 4.69) is 15.1 Å². The van der Waals surface area contributed by atoms with Crippen molar-refractivity contribution in [2.75, 3.05) is 18.5 Å². The van der Waals surface area contributed by atoms with Gasteiger partial charge in [-0.3, -0.25) is 9.48 Å². The molecule has 7 heteroatoms. The van der Waals surface area contributed by atoms with Gasteiger partial charge in [0.25, 0.3) is 0 Å². The lowest BCUT2D eigenvalue weighted by atomic mass is 10.4. The van der Waals surface area contributed by atoms with E-state index in [4.69, 9.17) is 5.11 Å². The molecule has 7 nitrogen and oxygen atoms in total. The van der Waals surface area contributed by atoms with Gasteiger partial charge in [0, 0.05) is 20.3 Å². The van der Waals surface area contributed by atoms with E-state index < -0.39 is 5.97 Å². The van der Waals surface area contributed by atoms with Crippen molar-refractivity contribution in [1.29, 1.82) is 0 Å². The van der Waals surface area contributed by atoms with E-state index in [0.29, 0.717) is 11.6 Å². The highest BCUT2D eigenvalue weighted by atomic mass is 16.4. The smallest absolute Gasteiger partial charge is 0.323 e. The Morgan fingerprint density at radius 1 is 1.56 bits per heavy atom. The Labute approximate surface area is 91.3 Å². The maximum atomic E-state index is 10.5. The lowest BCUT2D eigenvalue weighted by molar-refractivity contribution is -0.135. The van der Waals surface area contributed by atoms with Crippen molar-refractivity contribution in [1.82, 2.24) is 19.7 Å². The van der Waals surface area contributed by atoms with Crippen molar-refractivity contribution in [3.05, 3.63) is 12.4 Å². The third-order valence-electron chi connectivity index (χ3n) is 2.17. The van der Waals surface area contributed by atoms with Crippen LogP contribution in [0.3, 0.4) is 0 Å². The van der Waals surface area contributed by atoms with Gasteiger partial charge in [0.15, 0.2) is 5.65 Å². The zero-order chi connectivity index (χ0) is 11.7. The predicted octanol–water partition coefficient (Wildman–Crippen LogP) is -0.116. The second-order valence-electron chi connectivity index (χ2n) is 3.47. The van der Waals surface area contributed by atoms with Gasteiger partial charge < -0.3 is 10.0 Å². The van der Waals surface area contributed by atoms with Crippen LogP contribution in [0.4, 0.5) is 5.95 Å². The average molecular weight is 221 g/mol. The molecule has 0 aliphatic rings. The molecule has 0 spiro atoms. The summed E-state index contributed by atoms with van der Waals surface area (Å²) in [4.78, 5) is 20.3. The summed E-state index contributed by atoms with van der Waals surface area (Å²) in [5.74, 6) is -0.547. The molecule has 0 unspecified atom stereocenters. The van der Waals surface area contributed by atoms with E-state index in [0.717, 1.165) is 5.39 Å². The summed E-state index contributed by atoms with van der Waals surface area (Å²) in [6.45, 7) is -0.136. The first-order valence-electron chi connectivity index (χ1n) is 4.65. The zero-order valence-electron chi connectivity index (χ0n) is 8.95. The van der Waals surface area contributed by atoms with Crippen LogP contribution in [0.25, 0.3) is 11.0 Å². The Bertz CT molecular complexity index is 536. The minimum Gasteiger partial charge on any atom is -0.480 e. The molecule has 0 atom stereocenters.